The van der Waals surface area contributed by atoms with E-state index in [1.807, 2.05) is 48.5 Å². The SMILES string of the molecule is CCCCCCCCCCCCCCCC(=O)Nc1cccc(C2O[C@H](CN3CC[C@@H](O)C3)C[C@H](c3ccc(CO)cc3)O2)c1. The van der Waals surface area contributed by atoms with Crippen molar-refractivity contribution in [1.82, 2.24) is 4.90 Å². The number of anilines is 1. The standard InChI is InChI=1S/C38H58N2O5/c1-2-3-4-5-6-7-8-9-10-11-12-13-14-18-37(43)39-33-17-15-16-32(25-33)38-44-35(28-40-24-23-34(42)27-40)26-36(45-38)31-21-19-30(29-41)20-22-31/h15-17,19-22,25,34-36,38,41-42H,2-14,18,23-24,26-29H2,1H3,(H,39,43)/t34-,35+,36-,38?/m1/s1. The van der Waals surface area contributed by atoms with Crippen molar-refractivity contribution in [3.63, 3.8) is 0 Å². The smallest absolute Gasteiger partial charge is 0.224 e. The first-order valence-electron chi connectivity index (χ1n) is 17.8. The van der Waals surface area contributed by atoms with E-state index < -0.39 is 6.29 Å². The van der Waals surface area contributed by atoms with Gasteiger partial charge in [-0.1, -0.05) is 120 Å². The molecule has 45 heavy (non-hydrogen) atoms. The monoisotopic (exact) mass is 622 g/mol. The van der Waals surface area contributed by atoms with E-state index in [2.05, 4.69) is 17.1 Å². The highest BCUT2D eigenvalue weighted by atomic mass is 16.7. The lowest BCUT2D eigenvalue weighted by Gasteiger charge is -2.38. The number of β-amino-alcohol motifs (C(OH)–C–C–N with tert-alkyl or cyclic N) is 1. The number of unbranched alkanes of at least 4 members (excludes halogenated alkanes) is 12. The molecule has 2 aliphatic heterocycles. The minimum Gasteiger partial charge on any atom is -0.392 e. The second-order valence-corrected chi connectivity index (χ2v) is 13.2. The molecular weight excluding hydrogens is 564 g/mol. The summed E-state index contributed by atoms with van der Waals surface area (Å²) in [4.78, 5) is 15.0. The summed E-state index contributed by atoms with van der Waals surface area (Å²) in [6.45, 7) is 4.54. The maximum absolute atomic E-state index is 12.7. The molecule has 2 heterocycles. The molecule has 1 unspecified atom stereocenters. The lowest BCUT2D eigenvalue weighted by atomic mass is 9.99. The molecule has 250 valence electrons. The summed E-state index contributed by atoms with van der Waals surface area (Å²) in [5, 5.41) is 22.6. The van der Waals surface area contributed by atoms with Crippen molar-refractivity contribution in [2.24, 2.45) is 0 Å². The number of benzene rings is 2. The van der Waals surface area contributed by atoms with Gasteiger partial charge in [0.05, 0.1) is 24.9 Å². The van der Waals surface area contributed by atoms with Gasteiger partial charge in [-0.2, -0.15) is 0 Å². The number of carbonyl (C=O) groups excluding carboxylic acids is 1. The van der Waals surface area contributed by atoms with E-state index in [0.717, 1.165) is 54.7 Å². The third kappa shape index (κ3) is 12.8. The molecule has 2 fully saturated rings. The van der Waals surface area contributed by atoms with Gasteiger partial charge in [-0.3, -0.25) is 9.69 Å². The quantitative estimate of drug-likeness (QED) is 0.129. The molecule has 0 radical (unpaired) electrons. The Morgan fingerprint density at radius 3 is 2.16 bits per heavy atom. The first kappa shape index (κ1) is 35.6. The molecular formula is C38H58N2O5. The van der Waals surface area contributed by atoms with E-state index in [4.69, 9.17) is 9.47 Å². The summed E-state index contributed by atoms with van der Waals surface area (Å²) in [6.07, 6.45) is 17.7. The molecule has 2 aliphatic rings. The number of likely N-dealkylation sites (tertiary alicyclic amines) is 1. The van der Waals surface area contributed by atoms with Crippen LogP contribution in [0.2, 0.25) is 0 Å². The van der Waals surface area contributed by atoms with Crippen LogP contribution in [-0.4, -0.2) is 52.9 Å². The molecule has 2 saturated heterocycles. The number of rotatable bonds is 20. The predicted octanol–water partition coefficient (Wildman–Crippen LogP) is 8.21. The van der Waals surface area contributed by atoms with Gasteiger partial charge in [-0.25, -0.2) is 0 Å². The summed E-state index contributed by atoms with van der Waals surface area (Å²) >= 11 is 0. The van der Waals surface area contributed by atoms with Crippen molar-refractivity contribution < 1.29 is 24.5 Å². The van der Waals surface area contributed by atoms with Gasteiger partial charge in [-0.15, -0.1) is 0 Å². The zero-order valence-corrected chi connectivity index (χ0v) is 27.6. The van der Waals surface area contributed by atoms with Gasteiger partial charge in [0, 0.05) is 43.7 Å². The van der Waals surface area contributed by atoms with E-state index >= 15 is 0 Å². The maximum Gasteiger partial charge on any atom is 0.224 e. The van der Waals surface area contributed by atoms with Crippen LogP contribution in [0.15, 0.2) is 48.5 Å². The van der Waals surface area contributed by atoms with Crippen molar-refractivity contribution >= 4 is 11.6 Å². The van der Waals surface area contributed by atoms with Crippen molar-refractivity contribution in [3.05, 3.63) is 65.2 Å². The van der Waals surface area contributed by atoms with Crippen LogP contribution in [0.25, 0.3) is 0 Å². The van der Waals surface area contributed by atoms with E-state index in [0.29, 0.717) is 19.4 Å². The van der Waals surface area contributed by atoms with Crippen LogP contribution >= 0.6 is 0 Å². The number of hydrogen-bond donors (Lipinski definition) is 3. The van der Waals surface area contributed by atoms with E-state index in [1.54, 1.807) is 0 Å². The van der Waals surface area contributed by atoms with Crippen LogP contribution in [0.3, 0.4) is 0 Å². The Balaban J connectivity index is 1.21. The highest BCUT2D eigenvalue weighted by molar-refractivity contribution is 5.90. The molecule has 2 aromatic carbocycles. The normalized spacial score (nSPS) is 22.1. The average molecular weight is 623 g/mol. The zero-order valence-electron chi connectivity index (χ0n) is 27.6. The molecule has 0 saturated carbocycles. The Hall–Kier alpha value is -2.29. The number of nitrogens with one attached hydrogen (secondary N) is 1. The lowest BCUT2D eigenvalue weighted by Crippen LogP contribution is -2.38. The van der Waals surface area contributed by atoms with Gasteiger partial charge in [0.15, 0.2) is 6.29 Å². The second kappa shape index (κ2) is 20.1. The zero-order chi connectivity index (χ0) is 31.7. The van der Waals surface area contributed by atoms with Gasteiger partial charge in [0.1, 0.15) is 0 Å². The van der Waals surface area contributed by atoms with Gasteiger partial charge in [0.2, 0.25) is 5.91 Å². The van der Waals surface area contributed by atoms with Gasteiger partial charge >= 0.3 is 0 Å². The van der Waals surface area contributed by atoms with Crippen molar-refractivity contribution in [2.75, 3.05) is 25.0 Å². The Morgan fingerprint density at radius 2 is 1.53 bits per heavy atom. The number of carbonyl (C=O) groups is 1. The molecule has 2 aromatic rings. The topological polar surface area (TPSA) is 91.3 Å². The summed E-state index contributed by atoms with van der Waals surface area (Å²) in [5.41, 5.74) is 3.55. The van der Waals surface area contributed by atoms with E-state index in [9.17, 15) is 15.0 Å². The Kier molecular flexibility index (Phi) is 15.8. The Bertz CT molecular complexity index is 1110. The van der Waals surface area contributed by atoms with Crippen molar-refractivity contribution in [3.8, 4) is 0 Å². The van der Waals surface area contributed by atoms with Crippen LogP contribution < -0.4 is 5.32 Å². The minimum absolute atomic E-state index is 0.00925. The van der Waals surface area contributed by atoms with Crippen molar-refractivity contribution in [2.45, 2.75) is 141 Å². The Labute approximate surface area is 271 Å². The summed E-state index contributed by atoms with van der Waals surface area (Å²) < 4.78 is 13.0. The third-order valence-electron chi connectivity index (χ3n) is 9.27. The number of amides is 1. The molecule has 7 heteroatoms. The van der Waals surface area contributed by atoms with Crippen LogP contribution in [0.4, 0.5) is 5.69 Å². The molecule has 0 aliphatic carbocycles. The minimum atomic E-state index is -0.572. The van der Waals surface area contributed by atoms with Crippen LogP contribution in [0.1, 0.15) is 139 Å². The fourth-order valence-electron chi connectivity index (χ4n) is 6.59. The first-order valence-corrected chi connectivity index (χ1v) is 17.8. The van der Waals surface area contributed by atoms with Crippen LogP contribution in [0, 0.1) is 0 Å². The molecule has 4 rings (SSSR count). The number of nitrogens with zero attached hydrogens (tertiary/aromatic N) is 1. The largest absolute Gasteiger partial charge is 0.392 e. The second-order valence-electron chi connectivity index (χ2n) is 13.2. The molecule has 3 N–H and O–H groups in total. The number of ether oxygens (including phenoxy) is 2. The molecule has 0 aromatic heterocycles. The molecule has 1 amide bonds. The van der Waals surface area contributed by atoms with Crippen molar-refractivity contribution in [1.29, 1.82) is 0 Å². The molecule has 7 nitrogen and oxygen atoms in total. The summed E-state index contributed by atoms with van der Waals surface area (Å²) in [6, 6.07) is 15.7. The third-order valence-corrected chi connectivity index (χ3v) is 9.27. The maximum atomic E-state index is 12.7. The van der Waals surface area contributed by atoms with Gasteiger partial charge < -0.3 is 25.0 Å². The first-order chi connectivity index (χ1) is 22.0. The van der Waals surface area contributed by atoms with Crippen LogP contribution in [-0.2, 0) is 20.9 Å². The fourth-order valence-corrected chi connectivity index (χ4v) is 6.59. The summed E-state index contributed by atoms with van der Waals surface area (Å²) in [5.74, 6) is 0.0491. The molecule has 0 bridgehead atoms. The highest BCUT2D eigenvalue weighted by Crippen LogP contribution is 2.39. The fraction of sp³-hybridized carbons (Fsp3) is 0.658. The lowest BCUT2D eigenvalue weighted by molar-refractivity contribution is -0.252. The highest BCUT2D eigenvalue weighted by Gasteiger charge is 2.34. The van der Waals surface area contributed by atoms with Gasteiger partial charge in [0.25, 0.3) is 0 Å². The van der Waals surface area contributed by atoms with Crippen LogP contribution in [0.5, 0.6) is 0 Å². The Morgan fingerprint density at radius 1 is 0.867 bits per heavy atom. The molecule has 4 atom stereocenters. The predicted molar refractivity (Wildman–Crippen MR) is 181 cm³/mol. The number of hydrogen-bond acceptors (Lipinski definition) is 6. The van der Waals surface area contributed by atoms with E-state index in [1.165, 1.54) is 70.6 Å². The van der Waals surface area contributed by atoms with E-state index in [-0.39, 0.29) is 30.8 Å². The number of aliphatic hydroxyl groups is 2. The average Bonchev–Trinajstić information content (AvgIpc) is 3.47. The summed E-state index contributed by atoms with van der Waals surface area (Å²) in [7, 11) is 0. The number of aliphatic hydroxyl groups excluding tert-OH is 2. The molecule has 0 spiro atoms. The van der Waals surface area contributed by atoms with Gasteiger partial charge in [-0.05, 0) is 36.1 Å².